The number of nitrogens with one attached hydrogen (secondary N) is 1. The van der Waals surface area contributed by atoms with Crippen LogP contribution in [0.3, 0.4) is 0 Å². The van der Waals surface area contributed by atoms with E-state index in [9.17, 15) is 14.4 Å². The lowest BCUT2D eigenvalue weighted by molar-refractivity contribution is -0.158. The lowest BCUT2D eigenvalue weighted by Gasteiger charge is -2.41. The molecule has 21 heavy (non-hydrogen) atoms. The number of hydrogen-bond donors (Lipinski definition) is 1. The molecule has 0 aromatic carbocycles. The maximum Gasteiger partial charge on any atom is 0.325 e. The van der Waals surface area contributed by atoms with Crippen molar-refractivity contribution >= 4 is 17.8 Å². The van der Waals surface area contributed by atoms with Gasteiger partial charge in [0.1, 0.15) is 13.2 Å². The molecule has 2 rings (SSSR count). The first kappa shape index (κ1) is 15.5. The van der Waals surface area contributed by atoms with Gasteiger partial charge in [-0.3, -0.25) is 14.4 Å². The van der Waals surface area contributed by atoms with Crippen LogP contribution in [0.2, 0.25) is 0 Å². The highest BCUT2D eigenvalue weighted by Crippen LogP contribution is 2.54. The van der Waals surface area contributed by atoms with Gasteiger partial charge in [0.2, 0.25) is 5.91 Å². The van der Waals surface area contributed by atoms with Crippen molar-refractivity contribution in [2.24, 2.45) is 23.7 Å². The first-order valence-electron chi connectivity index (χ1n) is 7.20. The zero-order chi connectivity index (χ0) is 15.4. The van der Waals surface area contributed by atoms with Crippen LogP contribution in [-0.2, 0) is 23.9 Å². The minimum Gasteiger partial charge on any atom is -0.468 e. The molecule has 4 atom stereocenters. The molecule has 0 aliphatic heterocycles. The van der Waals surface area contributed by atoms with E-state index in [0.717, 1.165) is 19.3 Å². The monoisotopic (exact) mass is 295 g/mol. The van der Waals surface area contributed by atoms with Gasteiger partial charge in [0.15, 0.2) is 0 Å². The first-order valence-corrected chi connectivity index (χ1v) is 7.20. The van der Waals surface area contributed by atoms with E-state index in [0.29, 0.717) is 5.92 Å². The molecular formula is C15H21NO5. The van der Waals surface area contributed by atoms with Crippen LogP contribution in [0.25, 0.3) is 0 Å². The Kier molecular flexibility index (Phi) is 4.98. The number of fused-ring (bicyclic) bond motifs is 1. The molecule has 0 saturated heterocycles. The van der Waals surface area contributed by atoms with E-state index in [1.165, 1.54) is 13.2 Å². The predicted molar refractivity (Wildman–Crippen MR) is 74.0 cm³/mol. The Morgan fingerprint density at radius 3 is 2.71 bits per heavy atom. The first-order chi connectivity index (χ1) is 10.1. The number of rotatable bonds is 6. The molecule has 6 heteroatoms. The Morgan fingerprint density at radius 1 is 1.29 bits per heavy atom. The normalized spacial score (nSPS) is 29.8. The zero-order valence-electron chi connectivity index (χ0n) is 12.2. The molecule has 1 N–H and O–H groups in total. The van der Waals surface area contributed by atoms with Crippen molar-refractivity contribution in [3.63, 3.8) is 0 Å². The average molecular weight is 295 g/mol. The Labute approximate surface area is 123 Å². The summed E-state index contributed by atoms with van der Waals surface area (Å²) in [7, 11) is 1.28. The Bertz CT molecular complexity index is 447. The third-order valence-electron chi connectivity index (χ3n) is 4.50. The van der Waals surface area contributed by atoms with Crippen LogP contribution in [0.1, 0.15) is 19.3 Å². The summed E-state index contributed by atoms with van der Waals surface area (Å²) in [4.78, 5) is 35.1. The largest absolute Gasteiger partial charge is 0.468 e. The maximum absolute atomic E-state index is 12.2. The van der Waals surface area contributed by atoms with Crippen molar-refractivity contribution in [1.29, 1.82) is 0 Å². The molecule has 0 bridgehead atoms. The molecule has 1 amide bonds. The molecule has 0 heterocycles. The van der Waals surface area contributed by atoms with Gasteiger partial charge >= 0.3 is 11.9 Å². The number of esters is 2. The smallest absolute Gasteiger partial charge is 0.325 e. The summed E-state index contributed by atoms with van der Waals surface area (Å²) in [6.45, 7) is 3.58. The third-order valence-corrected chi connectivity index (χ3v) is 4.50. The van der Waals surface area contributed by atoms with Crippen LogP contribution in [-0.4, -0.2) is 38.1 Å². The van der Waals surface area contributed by atoms with Gasteiger partial charge in [-0.1, -0.05) is 12.7 Å². The Balaban J connectivity index is 1.89. The topological polar surface area (TPSA) is 81.7 Å². The lowest BCUT2D eigenvalue weighted by atomic mass is 9.63. The standard InChI is InChI=1S/C15H21NO5/c1-3-6-21-15(19)11-7-9-4-5-10(13(9)11)14(18)16-8-12(17)20-2/h3,9-11,13H,1,4-8H2,2H3,(H,16,18). The molecule has 0 radical (unpaired) electrons. The fourth-order valence-electron chi connectivity index (χ4n) is 3.45. The van der Waals surface area contributed by atoms with E-state index in [4.69, 9.17) is 4.74 Å². The van der Waals surface area contributed by atoms with Gasteiger partial charge in [0.05, 0.1) is 13.0 Å². The number of carbonyl (C=O) groups excluding carboxylic acids is 3. The van der Waals surface area contributed by atoms with Crippen LogP contribution >= 0.6 is 0 Å². The maximum atomic E-state index is 12.2. The van der Waals surface area contributed by atoms with Gasteiger partial charge < -0.3 is 14.8 Å². The van der Waals surface area contributed by atoms with Crippen molar-refractivity contribution in [2.75, 3.05) is 20.3 Å². The second-order valence-corrected chi connectivity index (χ2v) is 5.58. The van der Waals surface area contributed by atoms with Crippen molar-refractivity contribution < 1.29 is 23.9 Å². The lowest BCUT2D eigenvalue weighted by Crippen LogP contribution is -2.47. The Morgan fingerprint density at radius 2 is 2.05 bits per heavy atom. The van der Waals surface area contributed by atoms with Gasteiger partial charge in [-0.05, 0) is 31.1 Å². The van der Waals surface area contributed by atoms with Gasteiger partial charge in [-0.2, -0.15) is 0 Å². The molecule has 0 aromatic rings. The summed E-state index contributed by atoms with van der Waals surface area (Å²) < 4.78 is 9.58. The summed E-state index contributed by atoms with van der Waals surface area (Å²) >= 11 is 0. The number of methoxy groups -OCH3 is 1. The number of hydrogen-bond acceptors (Lipinski definition) is 5. The van der Waals surface area contributed by atoms with Crippen LogP contribution in [0, 0.1) is 23.7 Å². The highest BCUT2D eigenvalue weighted by Gasteiger charge is 2.55. The molecule has 0 aromatic heterocycles. The summed E-state index contributed by atoms with van der Waals surface area (Å²) in [5.74, 6) is -0.854. The average Bonchev–Trinajstić information content (AvgIpc) is 2.79. The van der Waals surface area contributed by atoms with Crippen LogP contribution < -0.4 is 5.32 Å². The second kappa shape index (κ2) is 6.74. The van der Waals surface area contributed by atoms with Crippen molar-refractivity contribution in [3.05, 3.63) is 12.7 Å². The fourth-order valence-corrected chi connectivity index (χ4v) is 3.45. The van der Waals surface area contributed by atoms with E-state index in [-0.39, 0.29) is 42.8 Å². The number of amides is 1. The van der Waals surface area contributed by atoms with E-state index in [1.54, 1.807) is 0 Å². The molecule has 2 saturated carbocycles. The number of carbonyl (C=O) groups is 3. The quantitative estimate of drug-likeness (QED) is 0.575. The molecular weight excluding hydrogens is 274 g/mol. The Hall–Kier alpha value is -1.85. The van der Waals surface area contributed by atoms with Gasteiger partial charge in [0.25, 0.3) is 0 Å². The van der Waals surface area contributed by atoms with E-state index < -0.39 is 5.97 Å². The molecule has 6 nitrogen and oxygen atoms in total. The van der Waals surface area contributed by atoms with Crippen LogP contribution in [0.5, 0.6) is 0 Å². The third kappa shape index (κ3) is 3.25. The second-order valence-electron chi connectivity index (χ2n) is 5.58. The SMILES string of the molecule is C=CCOC(=O)C1CC2CCC(C(=O)NCC(=O)OC)C21. The van der Waals surface area contributed by atoms with Crippen LogP contribution in [0.4, 0.5) is 0 Å². The zero-order valence-corrected chi connectivity index (χ0v) is 12.2. The summed E-state index contributed by atoms with van der Waals surface area (Å²) in [6.07, 6.45) is 4.03. The van der Waals surface area contributed by atoms with Crippen molar-refractivity contribution in [1.82, 2.24) is 5.32 Å². The summed E-state index contributed by atoms with van der Waals surface area (Å²) in [6, 6.07) is 0. The molecule has 2 aliphatic carbocycles. The van der Waals surface area contributed by atoms with Gasteiger partial charge in [-0.25, -0.2) is 0 Å². The minimum atomic E-state index is -0.478. The van der Waals surface area contributed by atoms with Crippen molar-refractivity contribution in [3.8, 4) is 0 Å². The minimum absolute atomic E-state index is 0.0416. The summed E-state index contributed by atoms with van der Waals surface area (Å²) in [5.41, 5.74) is 0. The highest BCUT2D eigenvalue weighted by molar-refractivity contribution is 5.85. The van der Waals surface area contributed by atoms with Crippen molar-refractivity contribution in [2.45, 2.75) is 19.3 Å². The molecule has 116 valence electrons. The van der Waals surface area contributed by atoms with E-state index in [1.807, 2.05) is 0 Å². The van der Waals surface area contributed by atoms with Gasteiger partial charge in [0, 0.05) is 5.92 Å². The fraction of sp³-hybridized carbons (Fsp3) is 0.667. The molecule has 2 aliphatic rings. The molecule has 0 spiro atoms. The molecule has 4 unspecified atom stereocenters. The van der Waals surface area contributed by atoms with Gasteiger partial charge in [-0.15, -0.1) is 0 Å². The highest BCUT2D eigenvalue weighted by atomic mass is 16.5. The molecule has 2 fully saturated rings. The van der Waals surface area contributed by atoms with Crippen LogP contribution in [0.15, 0.2) is 12.7 Å². The van der Waals surface area contributed by atoms with E-state index in [2.05, 4.69) is 16.6 Å². The predicted octanol–water partition coefficient (Wildman–Crippen LogP) is 0.667. The number of ether oxygens (including phenoxy) is 2. The summed E-state index contributed by atoms with van der Waals surface area (Å²) in [5, 5.41) is 2.58. The van der Waals surface area contributed by atoms with E-state index >= 15 is 0 Å².